The summed E-state index contributed by atoms with van der Waals surface area (Å²) in [6.07, 6.45) is 1.01. The summed E-state index contributed by atoms with van der Waals surface area (Å²) in [5, 5.41) is 0. The lowest BCUT2D eigenvalue weighted by molar-refractivity contribution is -0.135. The minimum Gasteiger partial charge on any atom is -0.484 e. The van der Waals surface area contributed by atoms with E-state index in [4.69, 9.17) is 10.5 Å². The van der Waals surface area contributed by atoms with E-state index in [-0.39, 0.29) is 12.5 Å². The number of nitrogens with two attached hydrogens (primary N) is 1. The van der Waals surface area contributed by atoms with Crippen LogP contribution in [0.25, 0.3) is 0 Å². The van der Waals surface area contributed by atoms with Crippen molar-refractivity contribution < 1.29 is 9.53 Å². The second-order valence-electron chi connectivity index (χ2n) is 5.30. The number of hydrogen-bond donors (Lipinski definition) is 1. The Morgan fingerprint density at radius 3 is 2.43 bits per heavy atom. The lowest BCUT2D eigenvalue weighted by atomic mass is 10.2. The molecule has 2 rings (SSSR count). The van der Waals surface area contributed by atoms with Gasteiger partial charge in [-0.25, -0.2) is 0 Å². The molecule has 0 bridgehead atoms. The number of amides is 1. The molecule has 0 radical (unpaired) electrons. The van der Waals surface area contributed by atoms with Crippen LogP contribution in [-0.2, 0) is 11.2 Å². The van der Waals surface area contributed by atoms with Gasteiger partial charge in [-0.05, 0) is 24.1 Å². The third-order valence-electron chi connectivity index (χ3n) is 3.86. The van der Waals surface area contributed by atoms with E-state index in [1.807, 2.05) is 29.2 Å². The number of carbonyl (C=O) groups is 1. The first-order valence-electron chi connectivity index (χ1n) is 7.65. The number of hydrogen-bond acceptors (Lipinski definition) is 4. The third kappa shape index (κ3) is 4.72. The molecule has 0 aliphatic carbocycles. The molecule has 1 heterocycles. The predicted octanol–water partition coefficient (Wildman–Crippen LogP) is 0.731. The van der Waals surface area contributed by atoms with E-state index in [9.17, 15) is 4.79 Å². The first-order valence-corrected chi connectivity index (χ1v) is 7.65. The molecule has 0 saturated carbocycles. The highest BCUT2D eigenvalue weighted by Crippen LogP contribution is 2.13. The van der Waals surface area contributed by atoms with Gasteiger partial charge in [-0.1, -0.05) is 19.1 Å². The van der Waals surface area contributed by atoms with Crippen LogP contribution in [0.3, 0.4) is 0 Å². The highest BCUT2D eigenvalue weighted by atomic mass is 16.5. The summed E-state index contributed by atoms with van der Waals surface area (Å²) in [6, 6.07) is 7.91. The van der Waals surface area contributed by atoms with Crippen LogP contribution in [-0.4, -0.2) is 61.6 Å². The quantitative estimate of drug-likeness (QED) is 0.839. The van der Waals surface area contributed by atoms with Gasteiger partial charge >= 0.3 is 0 Å². The SMILES string of the molecule is CCc1ccc(OCC(=O)N2CCN(CCN)CC2)cc1. The first kappa shape index (κ1) is 15.8. The Morgan fingerprint density at radius 1 is 1.19 bits per heavy atom. The number of benzene rings is 1. The van der Waals surface area contributed by atoms with Gasteiger partial charge in [0.2, 0.25) is 0 Å². The van der Waals surface area contributed by atoms with Gasteiger partial charge in [-0.2, -0.15) is 0 Å². The Kier molecular flexibility index (Phi) is 6.02. The van der Waals surface area contributed by atoms with Gasteiger partial charge in [0.05, 0.1) is 0 Å². The second-order valence-corrected chi connectivity index (χ2v) is 5.30. The molecule has 1 aromatic rings. The Balaban J connectivity index is 1.74. The van der Waals surface area contributed by atoms with Crippen LogP contribution in [0.15, 0.2) is 24.3 Å². The summed E-state index contributed by atoms with van der Waals surface area (Å²) in [5.74, 6) is 0.810. The molecule has 5 heteroatoms. The molecule has 1 saturated heterocycles. The van der Waals surface area contributed by atoms with Crippen molar-refractivity contribution in [2.24, 2.45) is 5.73 Å². The highest BCUT2D eigenvalue weighted by Gasteiger charge is 2.20. The van der Waals surface area contributed by atoms with Crippen LogP contribution in [0, 0.1) is 0 Å². The van der Waals surface area contributed by atoms with E-state index in [2.05, 4.69) is 11.8 Å². The van der Waals surface area contributed by atoms with Gasteiger partial charge in [0.1, 0.15) is 5.75 Å². The summed E-state index contributed by atoms with van der Waals surface area (Å²) in [5.41, 5.74) is 6.81. The van der Waals surface area contributed by atoms with E-state index in [1.165, 1.54) is 5.56 Å². The van der Waals surface area contributed by atoms with Gasteiger partial charge in [-0.15, -0.1) is 0 Å². The van der Waals surface area contributed by atoms with Gasteiger partial charge in [-0.3, -0.25) is 9.69 Å². The van der Waals surface area contributed by atoms with Gasteiger partial charge in [0.15, 0.2) is 6.61 Å². The Bertz CT molecular complexity index is 439. The molecule has 1 amide bonds. The van der Waals surface area contributed by atoms with E-state index >= 15 is 0 Å². The summed E-state index contributed by atoms with van der Waals surface area (Å²) in [7, 11) is 0. The normalized spacial score (nSPS) is 16.0. The molecule has 116 valence electrons. The Hall–Kier alpha value is -1.59. The predicted molar refractivity (Wildman–Crippen MR) is 83.4 cm³/mol. The van der Waals surface area contributed by atoms with E-state index in [0.717, 1.165) is 44.9 Å². The molecule has 0 unspecified atom stereocenters. The van der Waals surface area contributed by atoms with Gasteiger partial charge in [0.25, 0.3) is 5.91 Å². The number of carbonyl (C=O) groups excluding carboxylic acids is 1. The van der Waals surface area contributed by atoms with Crippen molar-refractivity contribution in [2.75, 3.05) is 45.9 Å². The average Bonchev–Trinajstić information content (AvgIpc) is 2.54. The van der Waals surface area contributed by atoms with Crippen molar-refractivity contribution >= 4 is 5.91 Å². The average molecular weight is 291 g/mol. The molecular formula is C16H25N3O2. The molecular weight excluding hydrogens is 266 g/mol. The van der Waals surface area contributed by atoms with Crippen LogP contribution in [0.5, 0.6) is 5.75 Å². The molecule has 5 nitrogen and oxygen atoms in total. The molecule has 0 atom stereocenters. The zero-order valence-electron chi connectivity index (χ0n) is 12.8. The smallest absolute Gasteiger partial charge is 0.260 e. The summed E-state index contributed by atoms with van der Waals surface area (Å²) >= 11 is 0. The number of nitrogens with zero attached hydrogens (tertiary/aromatic N) is 2. The third-order valence-corrected chi connectivity index (χ3v) is 3.86. The lowest BCUT2D eigenvalue weighted by Crippen LogP contribution is -2.50. The Labute approximate surface area is 126 Å². The lowest BCUT2D eigenvalue weighted by Gasteiger charge is -2.34. The standard InChI is InChI=1S/C16H25N3O2/c1-2-14-3-5-15(6-4-14)21-13-16(20)19-11-9-18(8-7-17)10-12-19/h3-6H,2,7-13,17H2,1H3. The van der Waals surface area contributed by atoms with E-state index < -0.39 is 0 Å². The van der Waals surface area contributed by atoms with Crippen LogP contribution < -0.4 is 10.5 Å². The van der Waals surface area contributed by atoms with Crippen molar-refractivity contribution in [2.45, 2.75) is 13.3 Å². The minimum atomic E-state index is 0.0574. The summed E-state index contributed by atoms with van der Waals surface area (Å²) < 4.78 is 5.57. The second kappa shape index (κ2) is 8.00. The summed E-state index contributed by atoms with van der Waals surface area (Å²) in [4.78, 5) is 16.3. The molecule has 21 heavy (non-hydrogen) atoms. The van der Waals surface area contributed by atoms with Gasteiger partial charge < -0.3 is 15.4 Å². The Morgan fingerprint density at radius 2 is 1.86 bits per heavy atom. The number of ether oxygens (including phenoxy) is 1. The van der Waals surface area contributed by atoms with Crippen LogP contribution in [0.2, 0.25) is 0 Å². The molecule has 2 N–H and O–H groups in total. The first-order chi connectivity index (χ1) is 10.2. The molecule has 1 fully saturated rings. The molecule has 1 aromatic carbocycles. The monoisotopic (exact) mass is 291 g/mol. The zero-order valence-corrected chi connectivity index (χ0v) is 12.8. The number of rotatable bonds is 6. The highest BCUT2D eigenvalue weighted by molar-refractivity contribution is 5.77. The van der Waals surface area contributed by atoms with Crippen molar-refractivity contribution in [3.05, 3.63) is 29.8 Å². The number of aryl methyl sites for hydroxylation is 1. The maximum absolute atomic E-state index is 12.1. The zero-order chi connectivity index (χ0) is 15.1. The van der Waals surface area contributed by atoms with Crippen molar-refractivity contribution in [3.8, 4) is 5.75 Å². The maximum atomic E-state index is 12.1. The minimum absolute atomic E-state index is 0.0574. The fourth-order valence-corrected chi connectivity index (χ4v) is 2.46. The number of piperazine rings is 1. The van der Waals surface area contributed by atoms with Gasteiger partial charge in [0, 0.05) is 39.3 Å². The van der Waals surface area contributed by atoms with Crippen LogP contribution in [0.4, 0.5) is 0 Å². The fourth-order valence-electron chi connectivity index (χ4n) is 2.46. The van der Waals surface area contributed by atoms with Crippen LogP contribution >= 0.6 is 0 Å². The largest absolute Gasteiger partial charge is 0.484 e. The van der Waals surface area contributed by atoms with E-state index in [1.54, 1.807) is 0 Å². The molecule has 0 aromatic heterocycles. The summed E-state index contributed by atoms with van der Waals surface area (Å²) in [6.45, 7) is 7.12. The molecule has 1 aliphatic heterocycles. The fraction of sp³-hybridized carbons (Fsp3) is 0.562. The van der Waals surface area contributed by atoms with Crippen LogP contribution in [0.1, 0.15) is 12.5 Å². The maximum Gasteiger partial charge on any atom is 0.260 e. The molecule has 0 spiro atoms. The topological polar surface area (TPSA) is 58.8 Å². The molecule has 1 aliphatic rings. The van der Waals surface area contributed by atoms with Crippen molar-refractivity contribution in [1.82, 2.24) is 9.80 Å². The van der Waals surface area contributed by atoms with Crippen molar-refractivity contribution in [1.29, 1.82) is 0 Å². The van der Waals surface area contributed by atoms with E-state index in [0.29, 0.717) is 6.54 Å². The van der Waals surface area contributed by atoms with Crippen molar-refractivity contribution in [3.63, 3.8) is 0 Å².